The van der Waals surface area contributed by atoms with Crippen molar-refractivity contribution in [2.24, 2.45) is 5.73 Å². The molecule has 126 valence electrons. The Hall–Kier alpha value is -0.740. The second-order valence-corrected chi connectivity index (χ2v) is 8.41. The van der Waals surface area contributed by atoms with Crippen LogP contribution in [0.3, 0.4) is 0 Å². The van der Waals surface area contributed by atoms with Gasteiger partial charge in [0.05, 0.1) is 4.47 Å². The Morgan fingerprint density at radius 1 is 1.00 bits per heavy atom. The number of fused-ring (bicyclic) bond motifs is 2. The fourth-order valence-corrected chi connectivity index (χ4v) is 5.48. The lowest BCUT2D eigenvalue weighted by Gasteiger charge is -2.39. The summed E-state index contributed by atoms with van der Waals surface area (Å²) in [4.78, 5) is 0. The normalized spacial score (nSPS) is 28.0. The molecule has 2 aliphatic heterocycles. The lowest BCUT2D eigenvalue weighted by Crippen LogP contribution is -2.38. The van der Waals surface area contributed by atoms with Gasteiger partial charge in [0.25, 0.3) is 0 Å². The summed E-state index contributed by atoms with van der Waals surface area (Å²) < 4.78 is 13.6. The molecule has 0 amide bonds. The van der Waals surface area contributed by atoms with Crippen LogP contribution in [0.5, 0.6) is 11.5 Å². The molecule has 1 saturated carbocycles. The molecule has 23 heavy (non-hydrogen) atoms. The van der Waals surface area contributed by atoms with Gasteiger partial charge in [0, 0.05) is 41.5 Å². The second kappa shape index (κ2) is 5.66. The second-order valence-electron chi connectivity index (χ2n) is 7.61. The molecule has 0 saturated heterocycles. The van der Waals surface area contributed by atoms with Crippen molar-refractivity contribution in [3.8, 4) is 11.5 Å². The fourth-order valence-electron chi connectivity index (χ4n) is 4.81. The first kappa shape index (κ1) is 15.8. The molecule has 2 heterocycles. The summed E-state index contributed by atoms with van der Waals surface area (Å²) >= 11 is 3.80. The van der Waals surface area contributed by atoms with Crippen molar-refractivity contribution in [2.75, 3.05) is 6.54 Å². The fraction of sp³-hybridized carbons (Fsp3) is 0.684. The van der Waals surface area contributed by atoms with E-state index in [0.29, 0.717) is 6.54 Å². The van der Waals surface area contributed by atoms with Crippen molar-refractivity contribution in [3.63, 3.8) is 0 Å². The molecule has 3 nitrogen and oxygen atoms in total. The van der Waals surface area contributed by atoms with Gasteiger partial charge in [0.2, 0.25) is 0 Å². The van der Waals surface area contributed by atoms with E-state index in [0.717, 1.165) is 28.8 Å². The highest BCUT2D eigenvalue weighted by Crippen LogP contribution is 2.55. The van der Waals surface area contributed by atoms with E-state index < -0.39 is 0 Å². The van der Waals surface area contributed by atoms with Gasteiger partial charge in [0.15, 0.2) is 0 Å². The highest BCUT2D eigenvalue weighted by Gasteiger charge is 2.44. The molecule has 0 radical (unpaired) electrons. The highest BCUT2D eigenvalue weighted by atomic mass is 79.9. The summed E-state index contributed by atoms with van der Waals surface area (Å²) in [5.41, 5.74) is 10.5. The Kier molecular flexibility index (Phi) is 3.88. The zero-order chi connectivity index (χ0) is 16.2. The van der Waals surface area contributed by atoms with Crippen LogP contribution in [-0.2, 0) is 18.3 Å². The number of hydrogen-bond acceptors (Lipinski definition) is 3. The van der Waals surface area contributed by atoms with Crippen molar-refractivity contribution in [1.82, 2.24) is 0 Å². The molecule has 2 unspecified atom stereocenters. The van der Waals surface area contributed by atoms with Crippen LogP contribution in [0.1, 0.15) is 62.6 Å². The molecule has 1 aromatic carbocycles. The van der Waals surface area contributed by atoms with E-state index in [1.807, 2.05) is 0 Å². The maximum Gasteiger partial charge on any atom is 0.138 e. The van der Waals surface area contributed by atoms with E-state index in [4.69, 9.17) is 15.2 Å². The Bertz CT molecular complexity index is 598. The molecule has 1 aromatic rings. The van der Waals surface area contributed by atoms with Crippen LogP contribution in [0.25, 0.3) is 0 Å². The van der Waals surface area contributed by atoms with Crippen LogP contribution in [0, 0.1) is 0 Å². The van der Waals surface area contributed by atoms with Gasteiger partial charge in [0.1, 0.15) is 23.7 Å². The molecule has 0 bridgehead atoms. The number of hydrogen-bond donors (Lipinski definition) is 1. The predicted octanol–water partition coefficient (Wildman–Crippen LogP) is 4.26. The number of halogens is 1. The zero-order valence-electron chi connectivity index (χ0n) is 14.1. The minimum absolute atomic E-state index is 0.0740. The first-order valence-corrected chi connectivity index (χ1v) is 9.76. The quantitative estimate of drug-likeness (QED) is 0.834. The van der Waals surface area contributed by atoms with E-state index in [9.17, 15) is 0 Å². The molecular weight excluding hydrogens is 354 g/mol. The maximum absolute atomic E-state index is 6.36. The highest BCUT2D eigenvalue weighted by molar-refractivity contribution is 9.10. The van der Waals surface area contributed by atoms with E-state index >= 15 is 0 Å². The summed E-state index contributed by atoms with van der Waals surface area (Å²) in [6, 6.07) is 0. The molecule has 2 atom stereocenters. The van der Waals surface area contributed by atoms with E-state index in [1.54, 1.807) is 0 Å². The lowest BCUT2D eigenvalue weighted by molar-refractivity contribution is 0.236. The Balaban J connectivity index is 1.96. The van der Waals surface area contributed by atoms with Gasteiger partial charge in [-0.15, -0.1) is 0 Å². The first-order chi connectivity index (χ1) is 11.1. The third kappa shape index (κ3) is 2.32. The summed E-state index contributed by atoms with van der Waals surface area (Å²) in [6.45, 7) is 5.02. The largest absolute Gasteiger partial charge is 0.490 e. The first-order valence-electron chi connectivity index (χ1n) is 8.97. The number of ether oxygens (including phenoxy) is 2. The van der Waals surface area contributed by atoms with Crippen molar-refractivity contribution < 1.29 is 9.47 Å². The minimum atomic E-state index is 0.0740. The zero-order valence-corrected chi connectivity index (χ0v) is 15.7. The molecule has 2 N–H and O–H groups in total. The number of benzene rings is 1. The molecule has 4 rings (SSSR count). The average molecular weight is 380 g/mol. The van der Waals surface area contributed by atoms with E-state index in [1.165, 1.54) is 48.8 Å². The lowest BCUT2D eigenvalue weighted by atomic mass is 9.67. The summed E-state index contributed by atoms with van der Waals surface area (Å²) in [5, 5.41) is 0. The van der Waals surface area contributed by atoms with Crippen LogP contribution in [-0.4, -0.2) is 18.8 Å². The van der Waals surface area contributed by atoms with Crippen LogP contribution < -0.4 is 15.2 Å². The Morgan fingerprint density at radius 3 is 2.26 bits per heavy atom. The SMILES string of the molecule is CC1Cc2c(c(Br)c3c(c2C2(CN)CCCCC2)OC(C)C3)O1. The van der Waals surface area contributed by atoms with Crippen LogP contribution in [0.15, 0.2) is 4.47 Å². The van der Waals surface area contributed by atoms with E-state index in [-0.39, 0.29) is 17.6 Å². The van der Waals surface area contributed by atoms with Crippen molar-refractivity contribution in [2.45, 2.75) is 76.4 Å². The number of rotatable bonds is 2. The van der Waals surface area contributed by atoms with Gasteiger partial charge < -0.3 is 15.2 Å². The van der Waals surface area contributed by atoms with Gasteiger partial charge in [-0.2, -0.15) is 0 Å². The summed E-state index contributed by atoms with van der Waals surface area (Å²) in [6.07, 6.45) is 8.60. The van der Waals surface area contributed by atoms with Crippen molar-refractivity contribution in [1.29, 1.82) is 0 Å². The monoisotopic (exact) mass is 379 g/mol. The maximum atomic E-state index is 6.36. The molecular formula is C19H26BrNO2. The third-order valence-corrected chi connectivity index (χ3v) is 6.73. The minimum Gasteiger partial charge on any atom is -0.490 e. The standard InChI is InChI=1S/C19H26BrNO2/c1-11-8-13-15(19(10-21)6-4-3-5-7-19)17-14(9-12(2)22-17)16(20)18(13)23-11/h11-12H,3-10,21H2,1-2H3. The summed E-state index contributed by atoms with van der Waals surface area (Å²) in [5.74, 6) is 2.18. The third-order valence-electron chi connectivity index (χ3n) is 5.89. The summed E-state index contributed by atoms with van der Waals surface area (Å²) in [7, 11) is 0. The van der Waals surface area contributed by atoms with E-state index in [2.05, 4.69) is 29.8 Å². The molecule has 0 aromatic heterocycles. The average Bonchev–Trinajstić information content (AvgIpc) is 3.11. The van der Waals surface area contributed by atoms with Crippen LogP contribution in [0.4, 0.5) is 0 Å². The van der Waals surface area contributed by atoms with Crippen molar-refractivity contribution >= 4 is 15.9 Å². The van der Waals surface area contributed by atoms with Gasteiger partial charge in [-0.3, -0.25) is 0 Å². The number of nitrogens with two attached hydrogens (primary N) is 1. The molecule has 3 aliphatic rings. The molecule has 1 fully saturated rings. The predicted molar refractivity (Wildman–Crippen MR) is 95.5 cm³/mol. The Labute approximate surface area is 147 Å². The van der Waals surface area contributed by atoms with Gasteiger partial charge in [-0.25, -0.2) is 0 Å². The Morgan fingerprint density at radius 2 is 1.61 bits per heavy atom. The topological polar surface area (TPSA) is 44.5 Å². The van der Waals surface area contributed by atoms with Gasteiger partial charge in [-0.05, 0) is 42.6 Å². The van der Waals surface area contributed by atoms with Gasteiger partial charge in [-0.1, -0.05) is 19.3 Å². The van der Waals surface area contributed by atoms with Gasteiger partial charge >= 0.3 is 0 Å². The van der Waals surface area contributed by atoms with Crippen molar-refractivity contribution in [3.05, 3.63) is 21.2 Å². The smallest absolute Gasteiger partial charge is 0.138 e. The molecule has 4 heteroatoms. The molecule has 1 aliphatic carbocycles. The van der Waals surface area contributed by atoms with Crippen LogP contribution >= 0.6 is 15.9 Å². The van der Waals surface area contributed by atoms with Crippen LogP contribution in [0.2, 0.25) is 0 Å². The molecule has 0 spiro atoms.